The highest BCUT2D eigenvalue weighted by Crippen LogP contribution is 2.16. The van der Waals surface area contributed by atoms with E-state index in [1.165, 1.54) is 5.56 Å². The number of carbonyl (C=O) groups is 1. The molecule has 1 rings (SSSR count). The Morgan fingerprint density at radius 3 is 3.07 bits per heavy atom. The van der Waals surface area contributed by atoms with Gasteiger partial charge in [-0.2, -0.15) is 0 Å². The van der Waals surface area contributed by atoms with Crippen LogP contribution in [0.15, 0.2) is 30.2 Å². The van der Waals surface area contributed by atoms with Crippen molar-refractivity contribution in [3.8, 4) is 0 Å². The van der Waals surface area contributed by atoms with Crippen molar-refractivity contribution < 1.29 is 4.79 Å². The number of thiophene rings is 1. The smallest absolute Gasteiger partial charge is 0.244 e. The summed E-state index contributed by atoms with van der Waals surface area (Å²) >= 11 is 1.64. The zero-order valence-corrected chi connectivity index (χ0v) is 9.64. The lowest BCUT2D eigenvalue weighted by molar-refractivity contribution is -0.116. The van der Waals surface area contributed by atoms with Crippen LogP contribution in [0.4, 0.5) is 0 Å². The van der Waals surface area contributed by atoms with E-state index < -0.39 is 0 Å². The van der Waals surface area contributed by atoms with E-state index >= 15 is 0 Å². The minimum absolute atomic E-state index is 0.0512. The Bertz CT molecular complexity index is 365. The molecule has 1 amide bonds. The molecule has 0 aliphatic rings. The summed E-state index contributed by atoms with van der Waals surface area (Å²) in [5, 5.41) is 4.79. The average molecular weight is 221 g/mol. The first-order valence-corrected chi connectivity index (χ1v) is 5.73. The highest BCUT2D eigenvalue weighted by Gasteiger charge is 1.96. The minimum atomic E-state index is -0.0512. The Hall–Kier alpha value is -1.35. The topological polar surface area (TPSA) is 29.1 Å². The van der Waals surface area contributed by atoms with Gasteiger partial charge in [0.25, 0.3) is 0 Å². The predicted molar refractivity (Wildman–Crippen MR) is 65.9 cm³/mol. The van der Waals surface area contributed by atoms with Crippen LogP contribution in [0.3, 0.4) is 0 Å². The van der Waals surface area contributed by atoms with Crippen molar-refractivity contribution in [3.63, 3.8) is 0 Å². The molecule has 0 fully saturated rings. The Morgan fingerprint density at radius 1 is 1.67 bits per heavy atom. The molecule has 3 heteroatoms. The second-order valence-electron chi connectivity index (χ2n) is 3.17. The lowest BCUT2D eigenvalue weighted by atomic mass is 10.3. The maximum absolute atomic E-state index is 11.3. The molecule has 1 aromatic rings. The first kappa shape index (κ1) is 11.7. The van der Waals surface area contributed by atoms with E-state index in [0.29, 0.717) is 6.54 Å². The van der Waals surface area contributed by atoms with Crippen LogP contribution >= 0.6 is 11.3 Å². The van der Waals surface area contributed by atoms with Crippen molar-refractivity contribution in [3.05, 3.63) is 40.6 Å². The van der Waals surface area contributed by atoms with Crippen molar-refractivity contribution in [1.29, 1.82) is 0 Å². The molecule has 0 aromatic carbocycles. The summed E-state index contributed by atoms with van der Waals surface area (Å²) in [4.78, 5) is 12.4. The molecular formula is C12H15NOS. The number of carbonyl (C=O) groups excluding carboxylic acids is 1. The van der Waals surface area contributed by atoms with Gasteiger partial charge in [0.05, 0.1) is 0 Å². The molecule has 15 heavy (non-hydrogen) atoms. The van der Waals surface area contributed by atoms with Crippen LogP contribution in [-0.4, -0.2) is 12.5 Å². The fourth-order valence-corrected chi connectivity index (χ4v) is 1.88. The highest BCUT2D eigenvalue weighted by molar-refractivity contribution is 7.11. The van der Waals surface area contributed by atoms with Crippen LogP contribution in [0.25, 0.3) is 6.08 Å². The number of aryl methyl sites for hydroxylation is 1. The molecule has 0 aliphatic carbocycles. The van der Waals surface area contributed by atoms with Gasteiger partial charge >= 0.3 is 0 Å². The third-order valence-electron chi connectivity index (χ3n) is 1.94. The maximum Gasteiger partial charge on any atom is 0.244 e. The second kappa shape index (κ2) is 6.19. The van der Waals surface area contributed by atoms with Crippen LogP contribution in [0.5, 0.6) is 0 Å². The van der Waals surface area contributed by atoms with Gasteiger partial charge in [0.15, 0.2) is 0 Å². The third kappa shape index (κ3) is 4.13. The molecule has 0 saturated heterocycles. The molecule has 1 aromatic heterocycles. The lowest BCUT2D eigenvalue weighted by Gasteiger charge is -1.97. The Morgan fingerprint density at radius 2 is 2.47 bits per heavy atom. The summed E-state index contributed by atoms with van der Waals surface area (Å²) in [5.74, 6) is -0.0512. The molecule has 0 saturated carbocycles. The van der Waals surface area contributed by atoms with E-state index in [0.717, 1.165) is 11.3 Å². The molecule has 0 unspecified atom stereocenters. The van der Waals surface area contributed by atoms with Crippen LogP contribution in [0.1, 0.15) is 16.9 Å². The molecule has 1 N–H and O–H groups in total. The number of hydrogen-bond acceptors (Lipinski definition) is 2. The molecule has 2 nitrogen and oxygen atoms in total. The maximum atomic E-state index is 11.3. The van der Waals surface area contributed by atoms with E-state index in [9.17, 15) is 4.79 Å². The molecular weight excluding hydrogens is 206 g/mol. The molecule has 80 valence electrons. The molecule has 0 atom stereocenters. The fourth-order valence-electron chi connectivity index (χ4n) is 1.06. The summed E-state index contributed by atoms with van der Waals surface area (Å²) < 4.78 is 0. The van der Waals surface area contributed by atoms with Crippen LogP contribution in [-0.2, 0) is 4.79 Å². The van der Waals surface area contributed by atoms with Gasteiger partial charge in [-0.3, -0.25) is 4.79 Å². The number of rotatable bonds is 5. The number of hydrogen-bond donors (Lipinski definition) is 1. The molecule has 0 bridgehead atoms. The van der Waals surface area contributed by atoms with Gasteiger partial charge in [-0.1, -0.05) is 6.08 Å². The van der Waals surface area contributed by atoms with Crippen LogP contribution in [0, 0.1) is 6.92 Å². The Labute approximate surface area is 94.3 Å². The molecule has 1 heterocycles. The monoisotopic (exact) mass is 221 g/mol. The van der Waals surface area contributed by atoms with Gasteiger partial charge in [0, 0.05) is 17.5 Å². The molecule has 0 spiro atoms. The van der Waals surface area contributed by atoms with Crippen molar-refractivity contribution in [1.82, 2.24) is 5.32 Å². The van der Waals surface area contributed by atoms with Crippen LogP contribution < -0.4 is 5.32 Å². The molecule has 0 radical (unpaired) electrons. The fraction of sp³-hybridized carbons (Fsp3) is 0.250. The SMILES string of the molecule is C=CCCNC(=O)/C=C/c1sccc1C. The number of nitrogens with one attached hydrogen (secondary N) is 1. The standard InChI is InChI=1S/C12H15NOS/c1-3-4-8-13-12(14)6-5-11-10(2)7-9-15-11/h3,5-7,9H,1,4,8H2,2H3,(H,13,14)/b6-5+. The van der Waals surface area contributed by atoms with Crippen molar-refractivity contribution in [2.75, 3.05) is 6.54 Å². The van der Waals surface area contributed by atoms with Gasteiger partial charge < -0.3 is 5.32 Å². The third-order valence-corrected chi connectivity index (χ3v) is 2.92. The van der Waals surface area contributed by atoms with E-state index in [1.807, 2.05) is 24.4 Å². The first-order valence-electron chi connectivity index (χ1n) is 4.85. The zero-order valence-electron chi connectivity index (χ0n) is 8.82. The van der Waals surface area contributed by atoms with Gasteiger partial charge in [0.1, 0.15) is 0 Å². The predicted octanol–water partition coefficient (Wildman–Crippen LogP) is 2.76. The van der Waals surface area contributed by atoms with E-state index in [-0.39, 0.29) is 5.91 Å². The first-order chi connectivity index (χ1) is 7.24. The molecule has 0 aliphatic heterocycles. The van der Waals surface area contributed by atoms with E-state index in [4.69, 9.17) is 0 Å². The summed E-state index contributed by atoms with van der Waals surface area (Å²) in [6.45, 7) is 6.27. The minimum Gasteiger partial charge on any atom is -0.352 e. The van der Waals surface area contributed by atoms with E-state index in [2.05, 4.69) is 11.9 Å². The van der Waals surface area contributed by atoms with Crippen molar-refractivity contribution in [2.24, 2.45) is 0 Å². The number of amides is 1. The summed E-state index contributed by atoms with van der Waals surface area (Å²) in [7, 11) is 0. The normalized spacial score (nSPS) is 10.5. The van der Waals surface area contributed by atoms with Crippen molar-refractivity contribution >= 4 is 23.3 Å². The van der Waals surface area contributed by atoms with Gasteiger partial charge in [0.2, 0.25) is 5.91 Å². The van der Waals surface area contributed by atoms with Crippen molar-refractivity contribution in [2.45, 2.75) is 13.3 Å². The summed E-state index contributed by atoms with van der Waals surface area (Å²) in [5.41, 5.74) is 1.20. The van der Waals surface area contributed by atoms with Gasteiger partial charge in [-0.25, -0.2) is 0 Å². The Kier molecular flexibility index (Phi) is 4.84. The summed E-state index contributed by atoms with van der Waals surface area (Å²) in [6.07, 6.45) is 6.01. The Balaban J connectivity index is 2.41. The second-order valence-corrected chi connectivity index (χ2v) is 4.12. The quantitative estimate of drug-likeness (QED) is 0.462. The van der Waals surface area contributed by atoms with Gasteiger partial charge in [-0.15, -0.1) is 17.9 Å². The largest absolute Gasteiger partial charge is 0.352 e. The zero-order chi connectivity index (χ0) is 11.1. The van der Waals surface area contributed by atoms with Gasteiger partial charge in [-0.05, 0) is 36.4 Å². The highest BCUT2D eigenvalue weighted by atomic mass is 32.1. The van der Waals surface area contributed by atoms with E-state index in [1.54, 1.807) is 23.5 Å². The average Bonchev–Trinajstić information content (AvgIpc) is 2.61. The lowest BCUT2D eigenvalue weighted by Crippen LogP contribution is -2.21. The van der Waals surface area contributed by atoms with Crippen LogP contribution in [0.2, 0.25) is 0 Å². The summed E-state index contributed by atoms with van der Waals surface area (Å²) in [6, 6.07) is 2.04.